The van der Waals surface area contributed by atoms with Crippen LogP contribution in [0.1, 0.15) is 44.0 Å². The topological polar surface area (TPSA) is 82.8 Å². The minimum absolute atomic E-state index is 0.0574. The van der Waals surface area contributed by atoms with E-state index in [1.807, 2.05) is 0 Å². The molecule has 0 spiro atoms. The van der Waals surface area contributed by atoms with Crippen LogP contribution in [0, 0.1) is 0 Å². The Morgan fingerprint density at radius 3 is 2.75 bits per heavy atom. The van der Waals surface area contributed by atoms with Gasteiger partial charge in [-0.1, -0.05) is 19.3 Å². The van der Waals surface area contributed by atoms with E-state index in [9.17, 15) is 13.5 Å². The van der Waals surface area contributed by atoms with Gasteiger partial charge in [-0.2, -0.15) is 17.4 Å². The molecule has 114 valence electrons. The van der Waals surface area contributed by atoms with Crippen LogP contribution in [0.15, 0.2) is 22.8 Å². The third-order valence-electron chi connectivity index (χ3n) is 3.80. The molecule has 0 saturated heterocycles. The Morgan fingerprint density at radius 2 is 2.15 bits per heavy atom. The van der Waals surface area contributed by atoms with Gasteiger partial charge in [-0.25, -0.2) is 0 Å². The third-order valence-corrected chi connectivity index (χ3v) is 5.39. The molecule has 0 aliphatic heterocycles. The minimum Gasteiger partial charge on any atom is -0.467 e. The first-order valence-electron chi connectivity index (χ1n) is 6.95. The molecule has 20 heavy (non-hydrogen) atoms. The molecule has 2 rings (SSSR count). The largest absolute Gasteiger partial charge is 0.467 e. The standard InChI is InChI=1S/C13H22N2O4S/c1-15(11-6-3-2-4-7-11)20(17,18)14-10-12(16)13-8-5-9-19-13/h5,8-9,11-12,14,16H,2-4,6-7,10H2,1H3. The summed E-state index contributed by atoms with van der Waals surface area (Å²) in [7, 11) is -1.97. The van der Waals surface area contributed by atoms with Gasteiger partial charge in [0.15, 0.2) is 0 Å². The van der Waals surface area contributed by atoms with Crippen LogP contribution in [-0.4, -0.2) is 37.5 Å². The molecular formula is C13H22N2O4S. The van der Waals surface area contributed by atoms with Crippen molar-refractivity contribution in [1.82, 2.24) is 9.03 Å². The van der Waals surface area contributed by atoms with Crippen LogP contribution in [-0.2, 0) is 10.2 Å². The van der Waals surface area contributed by atoms with E-state index in [0.29, 0.717) is 5.76 Å². The van der Waals surface area contributed by atoms with Crippen molar-refractivity contribution in [3.8, 4) is 0 Å². The zero-order chi connectivity index (χ0) is 14.6. The van der Waals surface area contributed by atoms with E-state index in [4.69, 9.17) is 4.42 Å². The van der Waals surface area contributed by atoms with Gasteiger partial charge >= 0.3 is 0 Å². The third kappa shape index (κ3) is 3.82. The van der Waals surface area contributed by atoms with E-state index >= 15 is 0 Å². The molecule has 6 nitrogen and oxygen atoms in total. The highest BCUT2D eigenvalue weighted by atomic mass is 32.2. The smallest absolute Gasteiger partial charge is 0.279 e. The number of nitrogens with one attached hydrogen (secondary N) is 1. The van der Waals surface area contributed by atoms with Gasteiger partial charge < -0.3 is 9.52 Å². The van der Waals surface area contributed by atoms with Crippen LogP contribution < -0.4 is 4.72 Å². The molecule has 0 bridgehead atoms. The van der Waals surface area contributed by atoms with Crippen LogP contribution in [0.4, 0.5) is 0 Å². The maximum Gasteiger partial charge on any atom is 0.279 e. The fraction of sp³-hybridized carbons (Fsp3) is 0.692. The Labute approximate surface area is 120 Å². The summed E-state index contributed by atoms with van der Waals surface area (Å²) in [6, 6.07) is 3.33. The van der Waals surface area contributed by atoms with Crippen LogP contribution >= 0.6 is 0 Å². The predicted octanol–water partition coefficient (Wildman–Crippen LogP) is 1.41. The van der Waals surface area contributed by atoms with Gasteiger partial charge in [0.25, 0.3) is 10.2 Å². The summed E-state index contributed by atoms with van der Waals surface area (Å²) in [6.45, 7) is -0.0904. The highest BCUT2D eigenvalue weighted by molar-refractivity contribution is 7.87. The highest BCUT2D eigenvalue weighted by Crippen LogP contribution is 2.23. The van der Waals surface area contributed by atoms with Gasteiger partial charge in [0, 0.05) is 19.6 Å². The monoisotopic (exact) mass is 302 g/mol. The summed E-state index contributed by atoms with van der Waals surface area (Å²) >= 11 is 0. The summed E-state index contributed by atoms with van der Waals surface area (Å²) < 4.78 is 33.2. The summed E-state index contributed by atoms with van der Waals surface area (Å²) in [5, 5.41) is 9.83. The van der Waals surface area contributed by atoms with Crippen molar-refractivity contribution in [1.29, 1.82) is 0 Å². The second-order valence-corrected chi connectivity index (χ2v) is 7.01. The molecule has 0 aromatic carbocycles. The summed E-state index contributed by atoms with van der Waals surface area (Å²) in [4.78, 5) is 0. The van der Waals surface area contributed by atoms with Crippen LogP contribution in [0.2, 0.25) is 0 Å². The number of nitrogens with zero attached hydrogens (tertiary/aromatic N) is 1. The Bertz CT molecular complexity index is 494. The SMILES string of the molecule is CN(C1CCCCC1)S(=O)(=O)NCC(O)c1ccco1. The zero-order valence-electron chi connectivity index (χ0n) is 11.7. The predicted molar refractivity (Wildman–Crippen MR) is 75.2 cm³/mol. The Morgan fingerprint density at radius 1 is 1.45 bits per heavy atom. The van der Waals surface area contributed by atoms with Crippen molar-refractivity contribution in [2.24, 2.45) is 0 Å². The van der Waals surface area contributed by atoms with Crippen molar-refractivity contribution in [2.75, 3.05) is 13.6 Å². The average Bonchev–Trinajstić information content (AvgIpc) is 2.99. The number of aliphatic hydroxyl groups excluding tert-OH is 1. The minimum atomic E-state index is -3.56. The lowest BCUT2D eigenvalue weighted by Crippen LogP contribution is -2.45. The first-order valence-corrected chi connectivity index (χ1v) is 8.39. The zero-order valence-corrected chi connectivity index (χ0v) is 12.5. The lowest BCUT2D eigenvalue weighted by Gasteiger charge is -2.30. The van der Waals surface area contributed by atoms with E-state index in [1.165, 1.54) is 17.0 Å². The molecule has 1 atom stereocenters. The maximum absolute atomic E-state index is 12.2. The first-order chi connectivity index (χ1) is 9.50. The Kier molecular flexibility index (Phi) is 5.20. The molecule has 2 N–H and O–H groups in total. The number of hydrogen-bond donors (Lipinski definition) is 2. The summed E-state index contributed by atoms with van der Waals surface area (Å²) in [5.74, 6) is 0.355. The molecule has 0 amide bonds. The van der Waals surface area contributed by atoms with E-state index in [2.05, 4.69) is 4.72 Å². The van der Waals surface area contributed by atoms with Gasteiger partial charge in [0.1, 0.15) is 11.9 Å². The molecular weight excluding hydrogens is 280 g/mol. The molecule has 0 radical (unpaired) electrons. The van der Waals surface area contributed by atoms with Crippen molar-refractivity contribution in [3.63, 3.8) is 0 Å². The van der Waals surface area contributed by atoms with Gasteiger partial charge in [0.05, 0.1) is 6.26 Å². The second-order valence-electron chi connectivity index (χ2n) is 5.19. The summed E-state index contributed by atoms with van der Waals surface area (Å²) in [5.41, 5.74) is 0. The number of rotatable bonds is 6. The quantitative estimate of drug-likeness (QED) is 0.832. The average molecular weight is 302 g/mol. The first kappa shape index (κ1) is 15.5. The lowest BCUT2D eigenvalue weighted by atomic mass is 9.96. The van der Waals surface area contributed by atoms with Crippen molar-refractivity contribution in [2.45, 2.75) is 44.2 Å². The molecule has 1 aromatic heterocycles. The molecule has 1 aliphatic rings. The lowest BCUT2D eigenvalue weighted by molar-refractivity contribution is 0.152. The van der Waals surface area contributed by atoms with Gasteiger partial charge in [-0.3, -0.25) is 0 Å². The summed E-state index contributed by atoms with van der Waals surface area (Å²) in [6.07, 6.45) is 5.59. The molecule has 1 aliphatic carbocycles. The number of furan rings is 1. The second kappa shape index (κ2) is 6.71. The molecule has 1 aromatic rings. The fourth-order valence-electron chi connectivity index (χ4n) is 2.51. The number of aliphatic hydroxyl groups is 1. The molecule has 7 heteroatoms. The molecule has 1 saturated carbocycles. The van der Waals surface area contributed by atoms with Crippen LogP contribution in [0.25, 0.3) is 0 Å². The van der Waals surface area contributed by atoms with E-state index in [1.54, 1.807) is 19.2 Å². The maximum atomic E-state index is 12.2. The Balaban J connectivity index is 1.89. The van der Waals surface area contributed by atoms with E-state index in [-0.39, 0.29) is 12.6 Å². The number of hydrogen-bond acceptors (Lipinski definition) is 4. The van der Waals surface area contributed by atoms with E-state index in [0.717, 1.165) is 25.7 Å². The van der Waals surface area contributed by atoms with Gasteiger partial charge in [-0.05, 0) is 25.0 Å². The van der Waals surface area contributed by atoms with Crippen LogP contribution in [0.3, 0.4) is 0 Å². The van der Waals surface area contributed by atoms with Gasteiger partial charge in [0.2, 0.25) is 0 Å². The van der Waals surface area contributed by atoms with E-state index < -0.39 is 16.3 Å². The van der Waals surface area contributed by atoms with Crippen LogP contribution in [0.5, 0.6) is 0 Å². The fourth-order valence-corrected chi connectivity index (χ4v) is 3.68. The van der Waals surface area contributed by atoms with Crippen molar-refractivity contribution < 1.29 is 17.9 Å². The highest BCUT2D eigenvalue weighted by Gasteiger charge is 2.28. The van der Waals surface area contributed by atoms with Crippen molar-refractivity contribution in [3.05, 3.63) is 24.2 Å². The van der Waals surface area contributed by atoms with Gasteiger partial charge in [-0.15, -0.1) is 0 Å². The molecule has 1 fully saturated rings. The van der Waals surface area contributed by atoms with Crippen molar-refractivity contribution >= 4 is 10.2 Å². The Hall–Kier alpha value is -0.890. The molecule has 1 heterocycles. The normalized spacial score (nSPS) is 19.4. The molecule has 1 unspecified atom stereocenters.